The molecule has 0 spiro atoms. The Morgan fingerprint density at radius 2 is 1.55 bits per heavy atom. The van der Waals surface area contributed by atoms with E-state index in [9.17, 15) is 8.42 Å². The first-order valence-corrected chi connectivity index (χ1v) is 7.71. The first kappa shape index (κ1) is 19.5. The van der Waals surface area contributed by atoms with E-state index in [1.807, 2.05) is 6.07 Å². The Morgan fingerprint density at radius 1 is 1.00 bits per heavy atom. The van der Waals surface area contributed by atoms with Crippen molar-refractivity contribution in [3.05, 3.63) is 48.5 Å². The van der Waals surface area contributed by atoms with Crippen LogP contribution in [-0.4, -0.2) is 18.6 Å². The van der Waals surface area contributed by atoms with Gasteiger partial charge in [-0.05, 0) is 24.3 Å². The molecule has 0 aliphatic rings. The minimum absolute atomic E-state index is 0. The number of benzene rings is 2. The Hall–Kier alpha value is -0.500. The molecular weight excluding hydrogens is 331 g/mol. The molecule has 2 N–H and O–H groups in total. The van der Waals surface area contributed by atoms with Gasteiger partial charge in [0.15, 0.2) is 0 Å². The van der Waals surface area contributed by atoms with Gasteiger partial charge in [0.25, 0.3) is 9.05 Å². The zero-order valence-corrected chi connectivity index (χ0v) is 14.9. The molecule has 8 heteroatoms. The van der Waals surface area contributed by atoms with Crippen LogP contribution in [0.2, 0.25) is 0 Å². The molecule has 0 aliphatic carbocycles. The van der Waals surface area contributed by atoms with Crippen molar-refractivity contribution >= 4 is 32.4 Å². The average Bonchev–Trinajstić information content (AvgIpc) is 2.33. The third-order valence-corrected chi connectivity index (χ3v) is 3.66. The Bertz CT molecular complexity index is 648. The van der Waals surface area contributed by atoms with Crippen LogP contribution in [0.4, 0.5) is 0 Å². The summed E-state index contributed by atoms with van der Waals surface area (Å²) in [6, 6.07) is 12.3. The van der Waals surface area contributed by atoms with Gasteiger partial charge in [0.2, 0.25) is 0 Å². The van der Waals surface area contributed by atoms with Gasteiger partial charge in [-0.15, -0.1) is 4.90 Å². The molecule has 0 bridgehead atoms. The molecule has 0 atom stereocenters. The van der Waals surface area contributed by atoms with E-state index < -0.39 is 9.05 Å². The maximum atomic E-state index is 10.7. The van der Waals surface area contributed by atoms with Crippen LogP contribution in [0.15, 0.2) is 58.3 Å². The predicted molar refractivity (Wildman–Crippen MR) is 74.9 cm³/mol. The van der Waals surface area contributed by atoms with Gasteiger partial charge in [-0.1, -0.05) is 24.3 Å². The van der Waals surface area contributed by atoms with E-state index in [0.29, 0.717) is 5.75 Å². The number of rotatable bonds is 1. The fraction of sp³-hybridized carbons (Fsp3) is 0. The maximum Gasteiger partial charge on any atom is 1.00 e. The Kier molecular flexibility index (Phi) is 8.50. The summed E-state index contributed by atoms with van der Waals surface area (Å²) >= 11 is 4.65. The summed E-state index contributed by atoms with van der Waals surface area (Å²) in [6.07, 6.45) is 0. The molecule has 0 heterocycles. The second-order valence-electron chi connectivity index (χ2n) is 3.40. The Morgan fingerprint density at radius 3 is 1.90 bits per heavy atom. The molecule has 0 saturated heterocycles. The molecule has 4 nitrogen and oxygen atoms in total. The van der Waals surface area contributed by atoms with Crippen LogP contribution in [-0.2, 0) is 21.7 Å². The fourth-order valence-electron chi connectivity index (χ4n) is 1.08. The molecule has 0 radical (unpaired) electrons. The standard InChI is InChI=1S/C6H5ClO3S2.C6H6O.Na/c7-12(9,10)4-1-2-6(11)5(8)3-4;7-6-4-2-1-3-5-6;/h1-3,8,11H;1-5,7H;/q;;+1/p-1. The third kappa shape index (κ3) is 6.78. The summed E-state index contributed by atoms with van der Waals surface area (Å²) in [5.41, 5.74) is 0. The van der Waals surface area contributed by atoms with Gasteiger partial charge in [0.05, 0.1) is 10.6 Å². The predicted octanol–water partition coefficient (Wildman–Crippen LogP) is -0.378. The summed E-state index contributed by atoms with van der Waals surface area (Å²) < 4.78 is 21.4. The molecular formula is C12H10ClNaO4S2. The minimum Gasteiger partial charge on any atom is -0.776 e. The van der Waals surface area contributed by atoms with Crippen LogP contribution in [0.1, 0.15) is 0 Å². The topological polar surface area (TPSA) is 74.6 Å². The van der Waals surface area contributed by atoms with E-state index in [-0.39, 0.29) is 45.1 Å². The number of phenols is 2. The number of aromatic hydroxyl groups is 2. The molecule has 2 aromatic rings. The van der Waals surface area contributed by atoms with Gasteiger partial charge in [-0.25, -0.2) is 8.42 Å². The molecule has 0 amide bonds. The maximum absolute atomic E-state index is 10.7. The number of para-hydroxylation sites is 1. The van der Waals surface area contributed by atoms with E-state index in [1.54, 1.807) is 24.3 Å². The van der Waals surface area contributed by atoms with E-state index in [0.717, 1.165) is 6.07 Å². The van der Waals surface area contributed by atoms with Crippen molar-refractivity contribution in [3.8, 4) is 11.5 Å². The number of hydrogen-bond acceptors (Lipinski definition) is 5. The van der Waals surface area contributed by atoms with E-state index >= 15 is 0 Å². The van der Waals surface area contributed by atoms with Crippen LogP contribution in [0, 0.1) is 0 Å². The summed E-state index contributed by atoms with van der Waals surface area (Å²) in [6.45, 7) is 0. The van der Waals surface area contributed by atoms with Crippen molar-refractivity contribution in [2.75, 3.05) is 0 Å². The molecule has 0 saturated carbocycles. The number of hydrogen-bond donors (Lipinski definition) is 2. The quantitative estimate of drug-likeness (QED) is 0.420. The van der Waals surface area contributed by atoms with Crippen molar-refractivity contribution in [2.45, 2.75) is 9.79 Å². The number of phenolic OH excluding ortho intramolecular Hbond substituents is 2. The smallest absolute Gasteiger partial charge is 0.776 e. The van der Waals surface area contributed by atoms with Crippen molar-refractivity contribution < 1.29 is 48.2 Å². The summed E-state index contributed by atoms with van der Waals surface area (Å²) in [5, 5.41) is 17.7. The molecule has 2 aromatic carbocycles. The summed E-state index contributed by atoms with van der Waals surface area (Å²) in [7, 11) is 1.23. The first-order valence-electron chi connectivity index (χ1n) is 4.99. The van der Waals surface area contributed by atoms with Crippen LogP contribution in [0.3, 0.4) is 0 Å². The molecule has 20 heavy (non-hydrogen) atoms. The molecule has 0 fully saturated rings. The van der Waals surface area contributed by atoms with Gasteiger partial charge in [0.1, 0.15) is 5.75 Å². The first-order chi connectivity index (χ1) is 8.80. The second-order valence-corrected chi connectivity index (χ2v) is 6.41. The molecule has 2 rings (SSSR count). The Balaban J connectivity index is 0.000000387. The molecule has 0 aliphatic heterocycles. The van der Waals surface area contributed by atoms with Crippen molar-refractivity contribution in [1.29, 1.82) is 0 Å². The second kappa shape index (κ2) is 8.71. The summed E-state index contributed by atoms with van der Waals surface area (Å²) in [4.78, 5) is 0.0364. The monoisotopic (exact) mass is 340 g/mol. The fourth-order valence-corrected chi connectivity index (χ4v) is 1.97. The van der Waals surface area contributed by atoms with Crippen LogP contribution in [0.5, 0.6) is 11.5 Å². The molecule has 0 aromatic heterocycles. The van der Waals surface area contributed by atoms with Crippen LogP contribution >= 0.6 is 10.7 Å². The van der Waals surface area contributed by atoms with Crippen LogP contribution in [0.25, 0.3) is 0 Å². The van der Waals surface area contributed by atoms with Gasteiger partial charge < -0.3 is 22.8 Å². The van der Waals surface area contributed by atoms with Crippen molar-refractivity contribution in [2.24, 2.45) is 0 Å². The zero-order valence-electron chi connectivity index (χ0n) is 10.5. The normalized spacial score (nSPS) is 9.85. The Labute approximate surface area is 149 Å². The largest absolute Gasteiger partial charge is 1.00 e. The van der Waals surface area contributed by atoms with Crippen molar-refractivity contribution in [3.63, 3.8) is 0 Å². The molecule has 102 valence electrons. The van der Waals surface area contributed by atoms with Crippen LogP contribution < -0.4 is 29.6 Å². The van der Waals surface area contributed by atoms with Gasteiger partial charge in [-0.2, -0.15) is 0 Å². The van der Waals surface area contributed by atoms with E-state index in [1.165, 1.54) is 12.1 Å². The van der Waals surface area contributed by atoms with E-state index in [2.05, 4.69) is 12.6 Å². The SMILES string of the molecule is O=S(=O)(Cl)c1ccc([S-])c(O)c1.Oc1ccccc1.[Na+]. The average molecular weight is 341 g/mol. The van der Waals surface area contributed by atoms with Gasteiger partial charge >= 0.3 is 29.6 Å². The van der Waals surface area contributed by atoms with Gasteiger partial charge in [-0.3, -0.25) is 0 Å². The van der Waals surface area contributed by atoms with Gasteiger partial charge in [0, 0.05) is 10.7 Å². The minimum atomic E-state index is -3.78. The molecule has 0 unspecified atom stereocenters. The van der Waals surface area contributed by atoms with E-state index in [4.69, 9.17) is 20.9 Å². The van der Waals surface area contributed by atoms with Crippen molar-refractivity contribution in [1.82, 2.24) is 0 Å². The summed E-state index contributed by atoms with van der Waals surface area (Å²) in [5.74, 6) is 0.0641. The third-order valence-electron chi connectivity index (χ3n) is 1.97. The zero-order chi connectivity index (χ0) is 14.5. The number of halogens is 1.